The fourth-order valence-electron chi connectivity index (χ4n) is 2.94. The summed E-state index contributed by atoms with van der Waals surface area (Å²) in [6, 6.07) is 20.3. The first kappa shape index (κ1) is 18.6. The molecule has 0 aliphatic carbocycles. The Kier molecular flexibility index (Phi) is 5.22. The monoisotopic (exact) mass is 406 g/mol. The van der Waals surface area contributed by atoms with Gasteiger partial charge in [0, 0.05) is 17.0 Å². The van der Waals surface area contributed by atoms with Gasteiger partial charge in [-0.05, 0) is 23.1 Å². The third-order valence-corrected chi connectivity index (χ3v) is 4.70. The molecule has 0 atom stereocenters. The van der Waals surface area contributed by atoms with Crippen LogP contribution in [0.1, 0.15) is 5.56 Å². The topological polar surface area (TPSA) is 90.2 Å². The van der Waals surface area contributed by atoms with E-state index in [1.807, 2.05) is 54.6 Å². The normalized spacial score (nSPS) is 10.7. The first-order valence-electron chi connectivity index (χ1n) is 8.76. The van der Waals surface area contributed by atoms with E-state index in [0.717, 1.165) is 16.3 Å². The molecule has 0 unspecified atom stereocenters. The molecule has 144 valence electrons. The second kappa shape index (κ2) is 8.12. The largest absolute Gasteiger partial charge is 0.433 e. The van der Waals surface area contributed by atoms with Crippen LogP contribution in [0.2, 0.25) is 5.02 Å². The smallest absolute Gasteiger partial charge is 0.373 e. The summed E-state index contributed by atoms with van der Waals surface area (Å²) < 4.78 is 5.84. The standard InChI is InChI=1S/C21H15ClN4O3/c22-17-10-4-2-7-15(17)12-23-20-19(26(27)28)21(25-13-24-20)29-18-11-5-8-14-6-1-3-9-16(14)18/h1-11,13H,12H2,(H,23,24,25). The highest BCUT2D eigenvalue weighted by molar-refractivity contribution is 6.31. The van der Waals surface area contributed by atoms with Gasteiger partial charge < -0.3 is 10.1 Å². The van der Waals surface area contributed by atoms with E-state index in [-0.39, 0.29) is 23.9 Å². The second-order valence-corrected chi connectivity index (χ2v) is 6.56. The summed E-state index contributed by atoms with van der Waals surface area (Å²) in [6.07, 6.45) is 1.22. The Morgan fingerprint density at radius 3 is 2.59 bits per heavy atom. The van der Waals surface area contributed by atoms with Gasteiger partial charge in [0.05, 0.1) is 4.92 Å². The predicted octanol–water partition coefficient (Wildman–Crippen LogP) is 5.60. The second-order valence-electron chi connectivity index (χ2n) is 6.16. The van der Waals surface area contributed by atoms with Gasteiger partial charge in [0.25, 0.3) is 0 Å². The SMILES string of the molecule is O=[N+]([O-])c1c(NCc2ccccc2Cl)ncnc1Oc1cccc2ccccc12. The van der Waals surface area contributed by atoms with E-state index in [1.165, 1.54) is 6.33 Å². The van der Waals surface area contributed by atoms with Crippen LogP contribution in [0.4, 0.5) is 11.5 Å². The molecule has 0 fully saturated rings. The minimum atomic E-state index is -0.560. The highest BCUT2D eigenvalue weighted by Crippen LogP contribution is 2.36. The zero-order valence-electron chi connectivity index (χ0n) is 15.1. The van der Waals surface area contributed by atoms with Crippen molar-refractivity contribution in [2.45, 2.75) is 6.54 Å². The van der Waals surface area contributed by atoms with E-state index in [9.17, 15) is 10.1 Å². The van der Waals surface area contributed by atoms with E-state index in [1.54, 1.807) is 12.1 Å². The lowest BCUT2D eigenvalue weighted by Gasteiger charge is -2.11. The number of hydrogen-bond acceptors (Lipinski definition) is 6. The number of halogens is 1. The van der Waals surface area contributed by atoms with Crippen LogP contribution >= 0.6 is 11.6 Å². The van der Waals surface area contributed by atoms with Gasteiger partial charge in [-0.15, -0.1) is 0 Å². The van der Waals surface area contributed by atoms with Gasteiger partial charge in [0.15, 0.2) is 0 Å². The lowest BCUT2D eigenvalue weighted by Crippen LogP contribution is -2.07. The van der Waals surface area contributed by atoms with Gasteiger partial charge in [-0.2, -0.15) is 4.98 Å². The Morgan fingerprint density at radius 2 is 1.76 bits per heavy atom. The fourth-order valence-corrected chi connectivity index (χ4v) is 3.14. The van der Waals surface area contributed by atoms with Gasteiger partial charge >= 0.3 is 11.6 Å². The van der Waals surface area contributed by atoms with Gasteiger partial charge in [-0.25, -0.2) is 4.98 Å². The maximum atomic E-state index is 11.8. The van der Waals surface area contributed by atoms with Crippen molar-refractivity contribution in [1.82, 2.24) is 9.97 Å². The number of nitrogens with zero attached hydrogens (tertiary/aromatic N) is 3. The first-order chi connectivity index (χ1) is 14.1. The quantitative estimate of drug-likeness (QED) is 0.331. The number of anilines is 1. The highest BCUT2D eigenvalue weighted by atomic mass is 35.5. The van der Waals surface area contributed by atoms with Crippen LogP contribution in [0, 0.1) is 10.1 Å². The minimum absolute atomic E-state index is 0.0557. The molecule has 4 rings (SSSR count). The summed E-state index contributed by atoms with van der Waals surface area (Å²) in [5, 5.41) is 17.1. The maximum absolute atomic E-state index is 11.8. The highest BCUT2D eigenvalue weighted by Gasteiger charge is 2.25. The molecule has 0 bridgehead atoms. The van der Waals surface area contributed by atoms with Crippen LogP contribution in [0.25, 0.3) is 10.8 Å². The van der Waals surface area contributed by atoms with Crippen LogP contribution in [-0.2, 0) is 6.54 Å². The summed E-state index contributed by atoms with van der Waals surface area (Å²) in [5.74, 6) is 0.394. The van der Waals surface area contributed by atoms with Gasteiger partial charge in [-0.1, -0.05) is 66.2 Å². The Bertz CT molecular complexity index is 1190. The van der Waals surface area contributed by atoms with Crippen LogP contribution in [0.15, 0.2) is 73.1 Å². The van der Waals surface area contributed by atoms with Crippen LogP contribution < -0.4 is 10.1 Å². The summed E-state index contributed by atoms with van der Waals surface area (Å²) >= 11 is 6.16. The van der Waals surface area contributed by atoms with Crippen molar-refractivity contribution in [1.29, 1.82) is 0 Å². The Hall–Kier alpha value is -3.71. The zero-order valence-corrected chi connectivity index (χ0v) is 15.8. The van der Waals surface area contributed by atoms with Crippen molar-refractivity contribution >= 4 is 33.9 Å². The van der Waals surface area contributed by atoms with Gasteiger partial charge in [0.2, 0.25) is 5.82 Å². The molecule has 29 heavy (non-hydrogen) atoms. The van der Waals surface area contributed by atoms with E-state index in [4.69, 9.17) is 16.3 Å². The van der Waals surface area contributed by atoms with E-state index >= 15 is 0 Å². The molecule has 0 aliphatic heterocycles. The summed E-state index contributed by atoms with van der Waals surface area (Å²) in [4.78, 5) is 19.2. The Balaban J connectivity index is 1.68. The predicted molar refractivity (Wildman–Crippen MR) is 111 cm³/mol. The number of benzene rings is 3. The minimum Gasteiger partial charge on any atom is -0.433 e. The summed E-state index contributed by atoms with van der Waals surface area (Å²) in [7, 11) is 0. The number of aromatic nitrogens is 2. The van der Waals surface area contributed by atoms with Crippen molar-refractivity contribution in [3.63, 3.8) is 0 Å². The average Bonchev–Trinajstić information content (AvgIpc) is 2.73. The Morgan fingerprint density at radius 1 is 1.00 bits per heavy atom. The number of rotatable bonds is 6. The lowest BCUT2D eigenvalue weighted by atomic mass is 10.1. The molecule has 3 aromatic carbocycles. The lowest BCUT2D eigenvalue weighted by molar-refractivity contribution is -0.385. The number of hydrogen-bond donors (Lipinski definition) is 1. The Labute approximate surface area is 171 Å². The summed E-state index contributed by atoms with van der Waals surface area (Å²) in [5.41, 5.74) is 0.450. The molecule has 0 radical (unpaired) electrons. The van der Waals surface area contributed by atoms with Crippen LogP contribution in [0.3, 0.4) is 0 Å². The third kappa shape index (κ3) is 3.95. The molecule has 0 aliphatic rings. The van der Waals surface area contributed by atoms with Gasteiger partial charge in [-0.3, -0.25) is 10.1 Å². The molecule has 0 amide bonds. The number of ether oxygens (including phenoxy) is 1. The van der Waals surface area contributed by atoms with Crippen LogP contribution in [0.5, 0.6) is 11.6 Å². The first-order valence-corrected chi connectivity index (χ1v) is 9.13. The molecular weight excluding hydrogens is 392 g/mol. The molecule has 1 heterocycles. The number of fused-ring (bicyclic) bond motifs is 1. The van der Waals surface area contributed by atoms with E-state index in [2.05, 4.69) is 15.3 Å². The number of nitro groups is 1. The summed E-state index contributed by atoms with van der Waals surface area (Å²) in [6.45, 7) is 0.269. The van der Waals surface area contributed by atoms with Crippen LogP contribution in [-0.4, -0.2) is 14.9 Å². The zero-order chi connectivity index (χ0) is 20.2. The molecule has 0 saturated carbocycles. The fraction of sp³-hybridized carbons (Fsp3) is 0.0476. The van der Waals surface area contributed by atoms with Crippen molar-refractivity contribution < 1.29 is 9.66 Å². The van der Waals surface area contributed by atoms with Crippen molar-refractivity contribution in [2.24, 2.45) is 0 Å². The van der Waals surface area contributed by atoms with E-state index < -0.39 is 4.92 Å². The maximum Gasteiger partial charge on any atom is 0.373 e. The van der Waals surface area contributed by atoms with E-state index in [0.29, 0.717) is 10.8 Å². The number of nitrogens with one attached hydrogen (secondary N) is 1. The molecule has 1 aromatic heterocycles. The van der Waals surface area contributed by atoms with Crippen molar-refractivity contribution in [2.75, 3.05) is 5.32 Å². The van der Waals surface area contributed by atoms with Crippen molar-refractivity contribution in [3.8, 4) is 11.6 Å². The third-order valence-electron chi connectivity index (χ3n) is 4.33. The molecule has 4 aromatic rings. The molecule has 0 spiro atoms. The average molecular weight is 407 g/mol. The molecule has 0 saturated heterocycles. The molecule has 7 nitrogen and oxygen atoms in total. The molecular formula is C21H15ClN4O3. The molecule has 8 heteroatoms. The molecule has 1 N–H and O–H groups in total. The van der Waals surface area contributed by atoms with Gasteiger partial charge in [0.1, 0.15) is 12.1 Å². The van der Waals surface area contributed by atoms with Crippen molar-refractivity contribution in [3.05, 3.63) is 93.8 Å².